The van der Waals surface area contributed by atoms with Crippen molar-refractivity contribution >= 4 is 11.8 Å². The number of hydrogen-bond donors (Lipinski definition) is 2. The summed E-state index contributed by atoms with van der Waals surface area (Å²) in [5.41, 5.74) is 3.72. The molecule has 5 heteroatoms. The van der Waals surface area contributed by atoms with Gasteiger partial charge in [-0.15, -0.1) is 0 Å². The summed E-state index contributed by atoms with van der Waals surface area (Å²) in [4.78, 5) is 16.1. The number of amides is 1. The van der Waals surface area contributed by atoms with Crippen molar-refractivity contribution in [3.05, 3.63) is 78.1 Å². The number of rotatable bonds is 5. The van der Waals surface area contributed by atoms with Crippen LogP contribution in [0.4, 0.5) is 10.5 Å². The summed E-state index contributed by atoms with van der Waals surface area (Å²) in [5.74, 6) is 0.142. The molecule has 0 aliphatic rings. The maximum Gasteiger partial charge on any atom is 0.411 e. The van der Waals surface area contributed by atoms with E-state index in [-0.39, 0.29) is 11.9 Å². The van der Waals surface area contributed by atoms with Crippen LogP contribution in [-0.2, 0) is 11.2 Å². The minimum absolute atomic E-state index is 0.142. The topological polar surface area (TPSA) is 71.5 Å². The summed E-state index contributed by atoms with van der Waals surface area (Å²) in [7, 11) is 0. The van der Waals surface area contributed by atoms with E-state index in [4.69, 9.17) is 4.74 Å². The van der Waals surface area contributed by atoms with E-state index < -0.39 is 6.09 Å². The Kier molecular flexibility index (Phi) is 5.71. The maximum atomic E-state index is 11.8. The molecule has 0 saturated carbocycles. The van der Waals surface area contributed by atoms with Gasteiger partial charge >= 0.3 is 6.09 Å². The molecule has 0 aliphatic heterocycles. The summed E-state index contributed by atoms with van der Waals surface area (Å²) in [6.07, 6.45) is 1.52. The van der Waals surface area contributed by atoms with E-state index in [2.05, 4.69) is 10.3 Å². The molecule has 0 radical (unpaired) electrons. The first kappa shape index (κ1) is 18.5. The first-order valence-electron chi connectivity index (χ1n) is 8.82. The van der Waals surface area contributed by atoms with Gasteiger partial charge in [0.25, 0.3) is 0 Å². The Morgan fingerprint density at radius 2 is 1.89 bits per heavy atom. The standard InChI is InChI=1S/C22H22N2O3/c1-15(2)27-22(26)24-18-10-6-9-17(14-18)19-11-12-23-20(21(19)25)13-16-7-4-3-5-8-16/h3-12,14-15,25H,13H2,1-2H3,(H,24,26). The molecule has 0 atom stereocenters. The van der Waals surface area contributed by atoms with Crippen molar-refractivity contribution in [2.45, 2.75) is 26.4 Å². The Bertz CT molecular complexity index is 924. The quantitative estimate of drug-likeness (QED) is 0.670. The molecule has 27 heavy (non-hydrogen) atoms. The van der Waals surface area contributed by atoms with Crippen LogP contribution in [0.1, 0.15) is 25.1 Å². The molecule has 5 nitrogen and oxygen atoms in total. The van der Waals surface area contributed by atoms with Crippen LogP contribution in [-0.4, -0.2) is 22.3 Å². The molecule has 2 aromatic carbocycles. The first-order chi connectivity index (χ1) is 13.0. The zero-order valence-electron chi connectivity index (χ0n) is 15.3. The molecular weight excluding hydrogens is 340 g/mol. The lowest BCUT2D eigenvalue weighted by Gasteiger charge is -2.12. The van der Waals surface area contributed by atoms with Gasteiger partial charge in [-0.1, -0.05) is 42.5 Å². The molecular formula is C22H22N2O3. The van der Waals surface area contributed by atoms with Crippen molar-refractivity contribution in [1.82, 2.24) is 4.98 Å². The van der Waals surface area contributed by atoms with Crippen molar-refractivity contribution in [1.29, 1.82) is 0 Å². The molecule has 0 bridgehead atoms. The molecule has 0 saturated heterocycles. The molecule has 0 spiro atoms. The van der Waals surface area contributed by atoms with E-state index in [1.807, 2.05) is 42.5 Å². The van der Waals surface area contributed by atoms with E-state index >= 15 is 0 Å². The SMILES string of the molecule is CC(C)OC(=O)Nc1cccc(-c2ccnc(Cc3ccccc3)c2O)c1. The van der Waals surface area contributed by atoms with Crippen LogP contribution in [0.2, 0.25) is 0 Å². The Balaban J connectivity index is 1.85. The van der Waals surface area contributed by atoms with Crippen LogP contribution < -0.4 is 5.32 Å². The zero-order valence-corrected chi connectivity index (χ0v) is 15.3. The predicted octanol–water partition coefficient (Wildman–Crippen LogP) is 5.00. The van der Waals surface area contributed by atoms with E-state index in [1.165, 1.54) is 0 Å². The number of anilines is 1. The number of carbonyl (C=O) groups is 1. The third kappa shape index (κ3) is 4.85. The highest BCUT2D eigenvalue weighted by atomic mass is 16.6. The third-order valence-corrected chi connectivity index (χ3v) is 3.98. The number of nitrogens with one attached hydrogen (secondary N) is 1. The van der Waals surface area contributed by atoms with E-state index in [1.54, 1.807) is 38.2 Å². The Morgan fingerprint density at radius 3 is 2.63 bits per heavy atom. The van der Waals surface area contributed by atoms with Gasteiger partial charge in [0.15, 0.2) is 0 Å². The monoisotopic (exact) mass is 362 g/mol. The van der Waals surface area contributed by atoms with Crippen LogP contribution in [0.5, 0.6) is 5.75 Å². The van der Waals surface area contributed by atoms with E-state index in [9.17, 15) is 9.90 Å². The van der Waals surface area contributed by atoms with Crippen LogP contribution in [0.15, 0.2) is 66.9 Å². The molecule has 2 N–H and O–H groups in total. The minimum atomic E-state index is -0.508. The molecule has 1 aromatic heterocycles. The van der Waals surface area contributed by atoms with Gasteiger partial charge in [-0.25, -0.2) is 4.79 Å². The van der Waals surface area contributed by atoms with Gasteiger partial charge in [0.1, 0.15) is 5.75 Å². The summed E-state index contributed by atoms with van der Waals surface area (Å²) in [5, 5.41) is 13.4. The molecule has 3 rings (SSSR count). The minimum Gasteiger partial charge on any atom is -0.505 e. The highest BCUT2D eigenvalue weighted by Gasteiger charge is 2.12. The highest BCUT2D eigenvalue weighted by Crippen LogP contribution is 2.33. The van der Waals surface area contributed by atoms with Gasteiger partial charge in [0.05, 0.1) is 11.8 Å². The second-order valence-corrected chi connectivity index (χ2v) is 6.48. The lowest BCUT2D eigenvalue weighted by molar-refractivity contribution is 0.130. The Labute approximate surface area is 158 Å². The summed E-state index contributed by atoms with van der Waals surface area (Å²) in [6, 6.07) is 18.9. The normalized spacial score (nSPS) is 10.6. The van der Waals surface area contributed by atoms with Crippen LogP contribution in [0.25, 0.3) is 11.1 Å². The largest absolute Gasteiger partial charge is 0.505 e. The molecule has 0 unspecified atom stereocenters. The van der Waals surface area contributed by atoms with Crippen LogP contribution in [0.3, 0.4) is 0 Å². The van der Waals surface area contributed by atoms with Crippen LogP contribution >= 0.6 is 0 Å². The second kappa shape index (κ2) is 8.36. The van der Waals surface area contributed by atoms with Crippen molar-refractivity contribution in [2.24, 2.45) is 0 Å². The van der Waals surface area contributed by atoms with Gasteiger partial charge in [0, 0.05) is 23.9 Å². The van der Waals surface area contributed by atoms with Crippen molar-refractivity contribution in [2.75, 3.05) is 5.32 Å². The second-order valence-electron chi connectivity index (χ2n) is 6.48. The fraction of sp³-hybridized carbons (Fsp3) is 0.182. The predicted molar refractivity (Wildman–Crippen MR) is 106 cm³/mol. The molecule has 0 aliphatic carbocycles. The third-order valence-electron chi connectivity index (χ3n) is 3.98. The number of aromatic nitrogens is 1. The van der Waals surface area contributed by atoms with Crippen LogP contribution in [0, 0.1) is 0 Å². The molecule has 3 aromatic rings. The fourth-order valence-corrected chi connectivity index (χ4v) is 2.77. The zero-order chi connectivity index (χ0) is 19.2. The van der Waals surface area contributed by atoms with Crippen molar-refractivity contribution < 1.29 is 14.6 Å². The number of benzene rings is 2. The summed E-state index contributed by atoms with van der Waals surface area (Å²) < 4.78 is 5.10. The molecule has 138 valence electrons. The van der Waals surface area contributed by atoms with Gasteiger partial charge in [0.2, 0.25) is 0 Å². The smallest absolute Gasteiger partial charge is 0.411 e. The average molecular weight is 362 g/mol. The number of ether oxygens (including phenoxy) is 1. The van der Waals surface area contributed by atoms with Gasteiger partial charge in [-0.3, -0.25) is 10.3 Å². The van der Waals surface area contributed by atoms with Crippen molar-refractivity contribution in [3.63, 3.8) is 0 Å². The Hall–Kier alpha value is -3.34. The van der Waals surface area contributed by atoms with Gasteiger partial charge in [-0.2, -0.15) is 0 Å². The number of pyridine rings is 1. The molecule has 1 amide bonds. The van der Waals surface area contributed by atoms with E-state index in [0.717, 1.165) is 11.1 Å². The summed E-state index contributed by atoms with van der Waals surface area (Å²) >= 11 is 0. The first-order valence-corrected chi connectivity index (χ1v) is 8.82. The number of carbonyl (C=O) groups excluding carboxylic acids is 1. The maximum absolute atomic E-state index is 11.8. The fourth-order valence-electron chi connectivity index (χ4n) is 2.77. The lowest BCUT2D eigenvalue weighted by atomic mass is 10.0. The molecule has 0 fully saturated rings. The van der Waals surface area contributed by atoms with Gasteiger partial charge in [-0.05, 0) is 43.2 Å². The number of nitrogens with zero attached hydrogens (tertiary/aromatic N) is 1. The summed E-state index contributed by atoms with van der Waals surface area (Å²) in [6.45, 7) is 3.58. The molecule has 1 heterocycles. The van der Waals surface area contributed by atoms with E-state index in [0.29, 0.717) is 23.4 Å². The van der Waals surface area contributed by atoms with Crippen molar-refractivity contribution in [3.8, 4) is 16.9 Å². The number of hydrogen-bond acceptors (Lipinski definition) is 4. The average Bonchev–Trinajstić information content (AvgIpc) is 2.64. The van der Waals surface area contributed by atoms with Gasteiger partial charge < -0.3 is 9.84 Å². The highest BCUT2D eigenvalue weighted by molar-refractivity contribution is 5.86. The lowest BCUT2D eigenvalue weighted by Crippen LogP contribution is -2.17. The Morgan fingerprint density at radius 1 is 1.11 bits per heavy atom. The number of aromatic hydroxyl groups is 1.